The molecule has 9 nitrogen and oxygen atoms in total. The summed E-state index contributed by atoms with van der Waals surface area (Å²) in [5, 5.41) is 0. The molecule has 0 saturated heterocycles. The van der Waals surface area contributed by atoms with Gasteiger partial charge in [-0.25, -0.2) is 19.4 Å². The number of rotatable bonds is 6. The van der Waals surface area contributed by atoms with Crippen LogP contribution in [-0.4, -0.2) is 41.5 Å². The maximum atomic E-state index is 14.3. The van der Waals surface area contributed by atoms with Crippen molar-refractivity contribution in [2.75, 3.05) is 12.0 Å². The van der Waals surface area contributed by atoms with Crippen molar-refractivity contribution in [3.8, 4) is 11.6 Å². The van der Waals surface area contributed by atoms with Gasteiger partial charge in [0, 0.05) is 0 Å². The molecular weight excluding hydrogens is 521 g/mol. The van der Waals surface area contributed by atoms with Crippen LogP contribution >= 0.6 is 0 Å². The molecule has 0 aliphatic rings. The minimum absolute atomic E-state index is 0.0232. The predicted octanol–water partition coefficient (Wildman–Crippen LogP) is 7.08. The van der Waals surface area contributed by atoms with Crippen molar-refractivity contribution < 1.29 is 46.5 Å². The number of imide groups is 1. The summed E-state index contributed by atoms with van der Waals surface area (Å²) in [7, 11) is 0.955. The molecule has 0 spiro atoms. The fourth-order valence-electron chi connectivity index (χ4n) is 3.10. The van der Waals surface area contributed by atoms with Gasteiger partial charge in [-0.2, -0.15) is 18.1 Å². The van der Waals surface area contributed by atoms with E-state index in [2.05, 4.69) is 11.6 Å². The number of nitrogens with zero attached hydrogens (tertiary/aromatic N) is 2. The van der Waals surface area contributed by atoms with Gasteiger partial charge in [0.05, 0.1) is 12.8 Å². The number of methoxy groups -OCH3 is 1. The van der Waals surface area contributed by atoms with Crippen LogP contribution in [0.3, 0.4) is 0 Å². The molecule has 1 aromatic carbocycles. The first kappa shape index (κ1) is 31.1. The van der Waals surface area contributed by atoms with E-state index >= 15 is 0 Å². The quantitative estimate of drug-likeness (QED) is 0.213. The van der Waals surface area contributed by atoms with Crippen molar-refractivity contribution in [2.45, 2.75) is 65.3 Å². The summed E-state index contributed by atoms with van der Waals surface area (Å²) in [5.41, 5.74) is -5.00. The molecule has 2 rings (SSSR count). The summed E-state index contributed by atoms with van der Waals surface area (Å²) >= 11 is 0. The molecule has 0 unspecified atom stereocenters. The number of aromatic nitrogens is 1. The van der Waals surface area contributed by atoms with Crippen LogP contribution in [0.1, 0.15) is 63.2 Å². The zero-order valence-corrected chi connectivity index (χ0v) is 22.8. The summed E-state index contributed by atoms with van der Waals surface area (Å²) in [4.78, 5) is 42.9. The zero-order valence-electron chi connectivity index (χ0n) is 22.8. The van der Waals surface area contributed by atoms with E-state index in [0.717, 1.165) is 7.11 Å². The van der Waals surface area contributed by atoms with Gasteiger partial charge in [-0.1, -0.05) is 24.3 Å². The monoisotopic (exact) mass is 552 g/mol. The zero-order chi connectivity index (χ0) is 29.8. The van der Waals surface area contributed by atoms with Crippen molar-refractivity contribution in [1.82, 2.24) is 4.98 Å². The number of carbonyl (C=O) groups is 3. The number of pyridine rings is 1. The molecule has 0 N–H and O–H groups in total. The lowest BCUT2D eigenvalue weighted by Crippen LogP contribution is -2.44. The fourth-order valence-corrected chi connectivity index (χ4v) is 3.10. The van der Waals surface area contributed by atoms with Crippen molar-refractivity contribution in [2.24, 2.45) is 0 Å². The fraction of sp³-hybridized carbons (Fsp3) is 0.407. The van der Waals surface area contributed by atoms with Crippen LogP contribution < -0.4 is 9.64 Å². The van der Waals surface area contributed by atoms with Crippen LogP contribution in [0.4, 0.5) is 28.4 Å². The summed E-state index contributed by atoms with van der Waals surface area (Å²) in [6.45, 7) is 12.5. The first-order chi connectivity index (χ1) is 17.9. The molecule has 2 amide bonds. The Morgan fingerprint density at radius 3 is 1.97 bits per heavy atom. The molecule has 0 atom stereocenters. The summed E-state index contributed by atoms with van der Waals surface area (Å²) in [6, 6.07) is 6.62. The molecule has 0 bridgehead atoms. The maximum Gasteiger partial charge on any atom is 0.424 e. The van der Waals surface area contributed by atoms with Crippen LogP contribution in [0.15, 0.2) is 43.0 Å². The molecule has 0 fully saturated rings. The second-order valence-electron chi connectivity index (χ2n) is 10.2. The van der Waals surface area contributed by atoms with Gasteiger partial charge in [-0.05, 0) is 65.7 Å². The number of allylic oxidation sites excluding steroid dienone is 1. The molecule has 0 aliphatic heterocycles. The molecule has 1 aromatic heterocycles. The largest absolute Gasteiger partial charge is 0.464 e. The molecule has 1 heterocycles. The first-order valence-electron chi connectivity index (χ1n) is 11.7. The number of carbonyl (C=O) groups excluding carboxylic acids is 3. The Bertz CT molecular complexity index is 1220. The minimum atomic E-state index is -5.09. The molecule has 39 heavy (non-hydrogen) atoms. The SMILES string of the molecule is C=CCc1ccccc1Oc1nc(C(=O)OC)c(N(C(=O)OC(C)(C)C)C(=O)OC(C)(C)C)cc1C(F)(F)F. The second-order valence-corrected chi connectivity index (χ2v) is 10.2. The van der Waals surface area contributed by atoms with E-state index < -0.39 is 58.4 Å². The minimum Gasteiger partial charge on any atom is -0.464 e. The van der Waals surface area contributed by atoms with Gasteiger partial charge in [0.15, 0.2) is 5.69 Å². The number of halogens is 3. The van der Waals surface area contributed by atoms with Crippen molar-refractivity contribution >= 4 is 23.8 Å². The Hall–Kier alpha value is -4.09. The molecule has 0 radical (unpaired) electrons. The number of anilines is 1. The average molecular weight is 553 g/mol. The third-order valence-corrected chi connectivity index (χ3v) is 4.59. The molecule has 212 valence electrons. The smallest absolute Gasteiger partial charge is 0.424 e. The lowest BCUT2D eigenvalue weighted by atomic mass is 10.1. The van der Waals surface area contributed by atoms with Gasteiger partial charge < -0.3 is 18.9 Å². The third-order valence-electron chi connectivity index (χ3n) is 4.59. The maximum absolute atomic E-state index is 14.3. The number of para-hydroxylation sites is 1. The number of benzene rings is 1. The highest BCUT2D eigenvalue weighted by atomic mass is 19.4. The highest BCUT2D eigenvalue weighted by molar-refractivity contribution is 6.13. The van der Waals surface area contributed by atoms with Crippen molar-refractivity contribution in [3.63, 3.8) is 0 Å². The summed E-state index contributed by atoms with van der Waals surface area (Å²) < 4.78 is 63.6. The van der Waals surface area contributed by atoms with Gasteiger partial charge in [0.25, 0.3) is 0 Å². The van der Waals surface area contributed by atoms with Gasteiger partial charge in [-0.3, -0.25) is 0 Å². The molecular formula is C27H31F3N2O7. The van der Waals surface area contributed by atoms with Crippen molar-refractivity contribution in [1.29, 1.82) is 0 Å². The van der Waals surface area contributed by atoms with E-state index in [1.807, 2.05) is 0 Å². The normalized spacial score (nSPS) is 11.8. The van der Waals surface area contributed by atoms with Crippen LogP contribution in [0.2, 0.25) is 0 Å². The van der Waals surface area contributed by atoms with Gasteiger partial charge in [0.2, 0.25) is 5.88 Å². The lowest BCUT2D eigenvalue weighted by Gasteiger charge is -2.29. The van der Waals surface area contributed by atoms with E-state index in [1.54, 1.807) is 12.1 Å². The third kappa shape index (κ3) is 8.45. The summed E-state index contributed by atoms with van der Waals surface area (Å²) in [6.07, 6.45) is -6.09. The molecule has 2 aromatic rings. The number of alkyl halides is 3. The Labute approximate surface area is 224 Å². The average Bonchev–Trinajstić information content (AvgIpc) is 2.77. The second kappa shape index (κ2) is 11.7. The van der Waals surface area contributed by atoms with E-state index in [1.165, 1.54) is 59.8 Å². The highest BCUT2D eigenvalue weighted by Crippen LogP contribution is 2.41. The van der Waals surface area contributed by atoms with E-state index in [4.69, 9.17) is 18.9 Å². The number of hydrogen-bond acceptors (Lipinski definition) is 8. The topological polar surface area (TPSA) is 104 Å². The standard InChI is InChI=1S/C27H31F3N2O7/c1-9-12-16-13-10-11-14-19(16)37-21-17(27(28,29)30)15-18(20(31-21)22(33)36-8)32(23(34)38-25(2,3)4)24(35)39-26(5,6)7/h9-11,13-15H,1,12H2,2-8H3. The molecule has 12 heteroatoms. The number of amides is 2. The van der Waals surface area contributed by atoms with Gasteiger partial charge >= 0.3 is 24.3 Å². The Morgan fingerprint density at radius 1 is 0.974 bits per heavy atom. The van der Waals surface area contributed by atoms with E-state index in [-0.39, 0.29) is 17.1 Å². The van der Waals surface area contributed by atoms with Crippen LogP contribution in [-0.2, 0) is 26.8 Å². The summed E-state index contributed by atoms with van der Waals surface area (Å²) in [5.74, 6) is -2.23. The Balaban J connectivity index is 2.87. The van der Waals surface area contributed by atoms with Crippen LogP contribution in [0.25, 0.3) is 0 Å². The highest BCUT2D eigenvalue weighted by Gasteiger charge is 2.42. The Kier molecular flexibility index (Phi) is 9.38. The first-order valence-corrected chi connectivity index (χ1v) is 11.7. The number of esters is 1. The number of ether oxygens (including phenoxy) is 4. The Morgan fingerprint density at radius 2 is 1.51 bits per heavy atom. The number of hydrogen-bond donors (Lipinski definition) is 0. The van der Waals surface area contributed by atoms with Crippen LogP contribution in [0.5, 0.6) is 11.6 Å². The molecule has 0 saturated carbocycles. The predicted molar refractivity (Wildman–Crippen MR) is 136 cm³/mol. The molecule has 0 aliphatic carbocycles. The van der Waals surface area contributed by atoms with E-state index in [9.17, 15) is 27.6 Å². The van der Waals surface area contributed by atoms with Crippen LogP contribution in [0, 0.1) is 0 Å². The van der Waals surface area contributed by atoms with Crippen molar-refractivity contribution in [3.05, 3.63) is 59.8 Å². The van der Waals surface area contributed by atoms with E-state index in [0.29, 0.717) is 11.6 Å². The van der Waals surface area contributed by atoms with Gasteiger partial charge in [-0.15, -0.1) is 6.58 Å². The lowest BCUT2D eigenvalue weighted by molar-refractivity contribution is -0.138. The van der Waals surface area contributed by atoms with Gasteiger partial charge in [0.1, 0.15) is 22.5 Å².